The van der Waals surface area contributed by atoms with E-state index in [1.807, 2.05) is 38.1 Å². The number of nitrogens with one attached hydrogen (secondary N) is 1. The Morgan fingerprint density at radius 3 is 2.21 bits per heavy atom. The molecule has 28 heavy (non-hydrogen) atoms. The summed E-state index contributed by atoms with van der Waals surface area (Å²) in [6.07, 6.45) is 0.708. The summed E-state index contributed by atoms with van der Waals surface area (Å²) in [5, 5.41) is 3.04. The van der Waals surface area contributed by atoms with Gasteiger partial charge in [-0.2, -0.15) is 0 Å². The van der Waals surface area contributed by atoms with Gasteiger partial charge in [0.05, 0.1) is 6.04 Å². The third-order valence-electron chi connectivity index (χ3n) is 5.08. The number of urea groups is 1. The number of halogens is 1. The minimum Gasteiger partial charge on any atom is -0.337 e. The molecule has 0 spiro atoms. The van der Waals surface area contributed by atoms with Crippen LogP contribution in [0.15, 0.2) is 48.5 Å². The van der Waals surface area contributed by atoms with Crippen LogP contribution in [0.2, 0.25) is 0 Å². The second-order valence-electron chi connectivity index (χ2n) is 7.22. The zero-order chi connectivity index (χ0) is 20.1. The van der Waals surface area contributed by atoms with Crippen molar-refractivity contribution in [1.29, 1.82) is 0 Å². The lowest BCUT2D eigenvalue weighted by molar-refractivity contribution is 0.0762. The van der Waals surface area contributed by atoms with Crippen LogP contribution in [0.5, 0.6) is 0 Å². The highest BCUT2D eigenvalue weighted by atomic mass is 19.1. The van der Waals surface area contributed by atoms with E-state index in [0.717, 1.165) is 5.56 Å². The molecule has 1 unspecified atom stereocenters. The number of amides is 3. The van der Waals surface area contributed by atoms with Crippen molar-refractivity contribution in [3.63, 3.8) is 0 Å². The summed E-state index contributed by atoms with van der Waals surface area (Å²) in [5.41, 5.74) is 2.70. The molecule has 3 rings (SSSR count). The molecule has 2 aromatic rings. The van der Waals surface area contributed by atoms with Gasteiger partial charge in [0.25, 0.3) is 5.91 Å². The zero-order valence-corrected chi connectivity index (χ0v) is 16.3. The van der Waals surface area contributed by atoms with E-state index in [4.69, 9.17) is 0 Å². The molecular weight excluding hydrogens is 357 g/mol. The number of benzene rings is 2. The van der Waals surface area contributed by atoms with Crippen molar-refractivity contribution >= 4 is 11.9 Å². The van der Waals surface area contributed by atoms with Crippen LogP contribution in [-0.2, 0) is 0 Å². The number of nitrogens with zero attached hydrogens (tertiary/aromatic N) is 2. The normalized spacial score (nSPS) is 15.7. The van der Waals surface area contributed by atoms with Crippen molar-refractivity contribution in [1.82, 2.24) is 15.1 Å². The van der Waals surface area contributed by atoms with Gasteiger partial charge in [0, 0.05) is 31.7 Å². The Bertz CT molecular complexity index is 821. The zero-order valence-electron chi connectivity index (χ0n) is 16.3. The summed E-state index contributed by atoms with van der Waals surface area (Å²) in [4.78, 5) is 28.7. The molecule has 6 heteroatoms. The highest BCUT2D eigenvalue weighted by Crippen LogP contribution is 2.15. The van der Waals surface area contributed by atoms with Crippen LogP contribution in [0.3, 0.4) is 0 Å². The van der Waals surface area contributed by atoms with Crippen molar-refractivity contribution < 1.29 is 14.0 Å². The molecule has 148 valence electrons. The summed E-state index contributed by atoms with van der Waals surface area (Å²) in [7, 11) is 0. The van der Waals surface area contributed by atoms with E-state index < -0.39 is 0 Å². The molecule has 1 saturated heterocycles. The predicted octanol–water partition coefficient (Wildman–Crippen LogP) is 3.75. The fourth-order valence-electron chi connectivity index (χ4n) is 3.31. The highest BCUT2D eigenvalue weighted by molar-refractivity contribution is 5.94. The van der Waals surface area contributed by atoms with Gasteiger partial charge in [-0.05, 0) is 50.1 Å². The molecule has 0 saturated carbocycles. The van der Waals surface area contributed by atoms with E-state index >= 15 is 0 Å². The molecular formula is C22H26FN3O2. The lowest BCUT2D eigenvalue weighted by atomic mass is 10.1. The monoisotopic (exact) mass is 383 g/mol. The number of hydrogen-bond acceptors (Lipinski definition) is 2. The summed E-state index contributed by atoms with van der Waals surface area (Å²) in [5.74, 6) is -0.492. The average molecular weight is 383 g/mol. The quantitative estimate of drug-likeness (QED) is 0.878. The van der Waals surface area contributed by atoms with Gasteiger partial charge >= 0.3 is 6.03 Å². The predicted molar refractivity (Wildman–Crippen MR) is 107 cm³/mol. The van der Waals surface area contributed by atoms with Crippen LogP contribution in [0.4, 0.5) is 9.18 Å². The minimum atomic E-state index is -0.363. The van der Waals surface area contributed by atoms with E-state index in [1.54, 1.807) is 9.80 Å². The smallest absolute Gasteiger partial charge is 0.317 e. The first-order chi connectivity index (χ1) is 13.4. The Hall–Kier alpha value is -2.89. The summed E-state index contributed by atoms with van der Waals surface area (Å²) in [6, 6.07) is 13.5. The maximum atomic E-state index is 13.1. The molecule has 2 aromatic carbocycles. The van der Waals surface area contributed by atoms with E-state index in [0.29, 0.717) is 38.2 Å². The molecule has 1 aliphatic rings. The molecule has 1 heterocycles. The van der Waals surface area contributed by atoms with Crippen molar-refractivity contribution in [2.24, 2.45) is 0 Å². The van der Waals surface area contributed by atoms with Gasteiger partial charge in [-0.15, -0.1) is 0 Å². The fourth-order valence-corrected chi connectivity index (χ4v) is 3.31. The van der Waals surface area contributed by atoms with Gasteiger partial charge in [-0.3, -0.25) is 4.79 Å². The van der Waals surface area contributed by atoms with Gasteiger partial charge in [0.15, 0.2) is 0 Å². The Kier molecular flexibility index (Phi) is 6.29. The van der Waals surface area contributed by atoms with Crippen LogP contribution in [-0.4, -0.2) is 47.9 Å². The Labute approximate surface area is 165 Å². The second-order valence-corrected chi connectivity index (χ2v) is 7.22. The standard InChI is InChI=1S/C22H26FN3O2/c1-16-4-6-18(7-5-16)17(2)24-22(28)26-13-3-12-25(14-15-26)21(27)19-8-10-20(23)11-9-19/h4-11,17H,3,12-15H2,1-2H3,(H,24,28). The minimum absolute atomic E-state index is 0.0895. The van der Waals surface area contributed by atoms with Crippen LogP contribution in [0, 0.1) is 12.7 Å². The number of rotatable bonds is 3. The van der Waals surface area contributed by atoms with Crippen molar-refractivity contribution in [3.05, 3.63) is 71.0 Å². The van der Waals surface area contributed by atoms with Gasteiger partial charge in [-0.25, -0.2) is 9.18 Å². The maximum absolute atomic E-state index is 13.1. The number of carbonyl (C=O) groups is 2. The lowest BCUT2D eigenvalue weighted by Crippen LogP contribution is -2.43. The van der Waals surface area contributed by atoms with Crippen molar-refractivity contribution in [2.75, 3.05) is 26.2 Å². The number of aryl methyl sites for hydroxylation is 1. The molecule has 1 N–H and O–H groups in total. The third kappa shape index (κ3) is 4.88. The van der Waals surface area contributed by atoms with Gasteiger partial charge in [0.1, 0.15) is 5.82 Å². The lowest BCUT2D eigenvalue weighted by Gasteiger charge is -2.24. The van der Waals surface area contributed by atoms with Gasteiger partial charge in [-0.1, -0.05) is 29.8 Å². The fraction of sp³-hybridized carbons (Fsp3) is 0.364. The topological polar surface area (TPSA) is 52.7 Å². The first-order valence-corrected chi connectivity index (χ1v) is 9.61. The Morgan fingerprint density at radius 1 is 0.929 bits per heavy atom. The van der Waals surface area contributed by atoms with Gasteiger partial charge < -0.3 is 15.1 Å². The first kappa shape index (κ1) is 19.9. The summed E-state index contributed by atoms with van der Waals surface area (Å²) >= 11 is 0. The number of hydrogen-bond donors (Lipinski definition) is 1. The largest absolute Gasteiger partial charge is 0.337 e. The second kappa shape index (κ2) is 8.87. The third-order valence-corrected chi connectivity index (χ3v) is 5.08. The molecule has 1 aliphatic heterocycles. The molecule has 0 bridgehead atoms. The van der Waals surface area contributed by atoms with Crippen LogP contribution in [0.1, 0.15) is 40.9 Å². The van der Waals surface area contributed by atoms with E-state index in [-0.39, 0.29) is 23.8 Å². The highest BCUT2D eigenvalue weighted by Gasteiger charge is 2.23. The SMILES string of the molecule is Cc1ccc(C(C)NC(=O)N2CCCN(C(=O)c3ccc(F)cc3)CC2)cc1. The van der Waals surface area contributed by atoms with E-state index in [9.17, 15) is 14.0 Å². The van der Waals surface area contributed by atoms with Crippen LogP contribution >= 0.6 is 0 Å². The Morgan fingerprint density at radius 2 is 1.54 bits per heavy atom. The molecule has 1 fully saturated rings. The van der Waals surface area contributed by atoms with E-state index in [2.05, 4.69) is 5.32 Å². The summed E-state index contributed by atoms with van der Waals surface area (Å²) < 4.78 is 13.1. The van der Waals surface area contributed by atoms with Crippen LogP contribution < -0.4 is 5.32 Å². The molecule has 1 atom stereocenters. The molecule has 5 nitrogen and oxygen atoms in total. The molecule has 0 aliphatic carbocycles. The Balaban J connectivity index is 1.56. The van der Waals surface area contributed by atoms with E-state index in [1.165, 1.54) is 29.8 Å². The summed E-state index contributed by atoms with van der Waals surface area (Å²) in [6.45, 7) is 6.10. The molecule has 0 radical (unpaired) electrons. The maximum Gasteiger partial charge on any atom is 0.317 e. The van der Waals surface area contributed by atoms with Crippen LogP contribution in [0.25, 0.3) is 0 Å². The van der Waals surface area contributed by atoms with Gasteiger partial charge in [0.2, 0.25) is 0 Å². The van der Waals surface area contributed by atoms with Crippen molar-refractivity contribution in [2.45, 2.75) is 26.3 Å². The molecule has 0 aromatic heterocycles. The number of carbonyl (C=O) groups excluding carboxylic acids is 2. The van der Waals surface area contributed by atoms with Crippen molar-refractivity contribution in [3.8, 4) is 0 Å². The molecule has 3 amide bonds. The average Bonchev–Trinajstić information content (AvgIpc) is 2.95. The first-order valence-electron chi connectivity index (χ1n) is 9.61.